The number of rotatable bonds is 3. The van der Waals surface area contributed by atoms with Gasteiger partial charge in [0.1, 0.15) is 0 Å². The minimum absolute atomic E-state index is 0.175. The van der Waals surface area contributed by atoms with Crippen molar-refractivity contribution >= 4 is 11.4 Å². The standard InChI is InChI=1S/C17H20N2O2/c1-21-17-8-13-7-11(10-19-15(13)9-16(17)20)6-12-4-2-3-5-14(12)18/h2-5,8-9,11,19-20H,6-7,10,18H2,1H3/t11-/m1/s1. The Kier molecular flexibility index (Phi) is 3.60. The van der Waals surface area contributed by atoms with Crippen molar-refractivity contribution in [3.05, 3.63) is 47.5 Å². The van der Waals surface area contributed by atoms with Crippen LogP contribution in [0.5, 0.6) is 11.5 Å². The summed E-state index contributed by atoms with van der Waals surface area (Å²) in [5.41, 5.74) is 10.2. The van der Waals surface area contributed by atoms with E-state index in [0.29, 0.717) is 11.7 Å². The van der Waals surface area contributed by atoms with Crippen LogP contribution >= 0.6 is 0 Å². The number of para-hydroxylation sites is 1. The van der Waals surface area contributed by atoms with E-state index in [2.05, 4.69) is 11.4 Å². The molecule has 0 saturated carbocycles. The molecule has 2 aromatic rings. The Balaban J connectivity index is 1.79. The zero-order valence-electron chi connectivity index (χ0n) is 12.1. The van der Waals surface area contributed by atoms with Gasteiger partial charge in [-0.25, -0.2) is 0 Å². The highest BCUT2D eigenvalue weighted by atomic mass is 16.5. The van der Waals surface area contributed by atoms with Crippen LogP contribution in [0.25, 0.3) is 0 Å². The molecule has 0 saturated heterocycles. The first-order chi connectivity index (χ1) is 10.2. The average Bonchev–Trinajstić information content (AvgIpc) is 2.49. The number of nitrogen functional groups attached to an aromatic ring is 1. The fourth-order valence-corrected chi connectivity index (χ4v) is 2.92. The van der Waals surface area contributed by atoms with Crippen molar-refractivity contribution < 1.29 is 9.84 Å². The summed E-state index contributed by atoms with van der Waals surface area (Å²) in [6.07, 6.45) is 1.90. The maximum atomic E-state index is 9.82. The number of methoxy groups -OCH3 is 1. The van der Waals surface area contributed by atoms with Crippen LogP contribution in [0, 0.1) is 5.92 Å². The predicted molar refractivity (Wildman–Crippen MR) is 84.9 cm³/mol. The van der Waals surface area contributed by atoms with Crippen molar-refractivity contribution in [3.8, 4) is 11.5 Å². The second-order valence-electron chi connectivity index (χ2n) is 5.54. The molecule has 3 rings (SSSR count). The lowest BCUT2D eigenvalue weighted by atomic mass is 9.88. The van der Waals surface area contributed by atoms with E-state index < -0.39 is 0 Å². The van der Waals surface area contributed by atoms with Crippen molar-refractivity contribution in [2.75, 3.05) is 24.7 Å². The molecule has 0 radical (unpaired) electrons. The van der Waals surface area contributed by atoms with Gasteiger partial charge >= 0.3 is 0 Å². The molecule has 0 unspecified atom stereocenters. The van der Waals surface area contributed by atoms with Gasteiger partial charge in [0.25, 0.3) is 0 Å². The molecule has 0 aromatic heterocycles. The van der Waals surface area contributed by atoms with E-state index in [1.807, 2.05) is 24.3 Å². The van der Waals surface area contributed by atoms with Gasteiger partial charge in [0.2, 0.25) is 0 Å². The van der Waals surface area contributed by atoms with E-state index in [4.69, 9.17) is 10.5 Å². The summed E-state index contributed by atoms with van der Waals surface area (Å²) in [4.78, 5) is 0. The van der Waals surface area contributed by atoms with Gasteiger partial charge in [-0.3, -0.25) is 0 Å². The first-order valence-electron chi connectivity index (χ1n) is 7.14. The van der Waals surface area contributed by atoms with E-state index in [1.165, 1.54) is 11.1 Å². The molecule has 0 spiro atoms. The van der Waals surface area contributed by atoms with Gasteiger partial charge < -0.3 is 20.9 Å². The lowest BCUT2D eigenvalue weighted by molar-refractivity contribution is 0.372. The van der Waals surface area contributed by atoms with E-state index in [-0.39, 0.29) is 5.75 Å². The van der Waals surface area contributed by atoms with E-state index >= 15 is 0 Å². The molecule has 110 valence electrons. The van der Waals surface area contributed by atoms with Crippen molar-refractivity contribution in [1.82, 2.24) is 0 Å². The Morgan fingerprint density at radius 2 is 2.14 bits per heavy atom. The third-order valence-electron chi connectivity index (χ3n) is 4.06. The molecular formula is C17H20N2O2. The lowest BCUT2D eigenvalue weighted by Crippen LogP contribution is -2.25. The highest BCUT2D eigenvalue weighted by Crippen LogP contribution is 2.36. The second-order valence-corrected chi connectivity index (χ2v) is 5.54. The molecule has 0 aliphatic carbocycles. The zero-order valence-corrected chi connectivity index (χ0v) is 12.1. The van der Waals surface area contributed by atoms with Crippen LogP contribution in [-0.4, -0.2) is 18.8 Å². The fourth-order valence-electron chi connectivity index (χ4n) is 2.92. The van der Waals surface area contributed by atoms with Crippen LogP contribution in [0.1, 0.15) is 11.1 Å². The topological polar surface area (TPSA) is 67.5 Å². The monoisotopic (exact) mass is 284 g/mol. The summed E-state index contributed by atoms with van der Waals surface area (Å²) in [7, 11) is 1.57. The van der Waals surface area contributed by atoms with Gasteiger partial charge in [-0.05, 0) is 42.0 Å². The Hall–Kier alpha value is -2.36. The van der Waals surface area contributed by atoms with E-state index in [0.717, 1.165) is 30.8 Å². The van der Waals surface area contributed by atoms with Gasteiger partial charge in [-0.2, -0.15) is 0 Å². The number of phenols is 1. The Bertz CT molecular complexity index is 655. The minimum atomic E-state index is 0.175. The van der Waals surface area contributed by atoms with Crippen molar-refractivity contribution in [1.29, 1.82) is 0 Å². The zero-order chi connectivity index (χ0) is 14.8. The van der Waals surface area contributed by atoms with Gasteiger partial charge in [0.05, 0.1) is 7.11 Å². The van der Waals surface area contributed by atoms with Crippen LogP contribution in [0.15, 0.2) is 36.4 Å². The van der Waals surface area contributed by atoms with Crippen LogP contribution < -0.4 is 15.8 Å². The smallest absolute Gasteiger partial charge is 0.160 e. The normalized spacial score (nSPS) is 16.9. The van der Waals surface area contributed by atoms with Crippen LogP contribution in [0.3, 0.4) is 0 Å². The minimum Gasteiger partial charge on any atom is -0.504 e. The highest BCUT2D eigenvalue weighted by Gasteiger charge is 2.21. The number of hydrogen-bond donors (Lipinski definition) is 3. The summed E-state index contributed by atoms with van der Waals surface area (Å²) in [6.45, 7) is 0.882. The summed E-state index contributed by atoms with van der Waals surface area (Å²) in [6, 6.07) is 11.7. The highest BCUT2D eigenvalue weighted by molar-refractivity contribution is 5.61. The summed E-state index contributed by atoms with van der Waals surface area (Å²) in [5, 5.41) is 13.2. The van der Waals surface area contributed by atoms with Gasteiger partial charge in [0, 0.05) is 24.0 Å². The third-order valence-corrected chi connectivity index (χ3v) is 4.06. The molecule has 4 nitrogen and oxygen atoms in total. The molecule has 21 heavy (non-hydrogen) atoms. The van der Waals surface area contributed by atoms with Crippen LogP contribution in [0.4, 0.5) is 11.4 Å². The van der Waals surface area contributed by atoms with Crippen LogP contribution in [0.2, 0.25) is 0 Å². The van der Waals surface area contributed by atoms with E-state index in [1.54, 1.807) is 13.2 Å². The summed E-state index contributed by atoms with van der Waals surface area (Å²) in [5.74, 6) is 1.18. The second kappa shape index (κ2) is 5.56. The van der Waals surface area contributed by atoms with Gasteiger partial charge in [-0.15, -0.1) is 0 Å². The number of aromatic hydroxyl groups is 1. The summed E-state index contributed by atoms with van der Waals surface area (Å²) >= 11 is 0. The molecule has 1 atom stereocenters. The molecule has 1 aliphatic rings. The maximum Gasteiger partial charge on any atom is 0.160 e. The molecule has 4 N–H and O–H groups in total. The third kappa shape index (κ3) is 2.75. The Morgan fingerprint density at radius 3 is 2.90 bits per heavy atom. The molecular weight excluding hydrogens is 264 g/mol. The molecule has 2 aromatic carbocycles. The number of benzene rings is 2. The summed E-state index contributed by atoms with van der Waals surface area (Å²) < 4.78 is 5.19. The van der Waals surface area contributed by atoms with Crippen molar-refractivity contribution in [2.24, 2.45) is 5.92 Å². The predicted octanol–water partition coefficient (Wildman–Crippen LogP) is 2.81. The maximum absolute atomic E-state index is 9.82. The Morgan fingerprint density at radius 1 is 1.33 bits per heavy atom. The molecule has 4 heteroatoms. The molecule has 0 bridgehead atoms. The lowest BCUT2D eigenvalue weighted by Gasteiger charge is -2.27. The van der Waals surface area contributed by atoms with E-state index in [9.17, 15) is 5.11 Å². The number of phenolic OH excluding ortho intramolecular Hbond substituents is 1. The number of nitrogens with one attached hydrogen (secondary N) is 1. The number of ether oxygens (including phenoxy) is 1. The fraction of sp³-hybridized carbons (Fsp3) is 0.294. The number of anilines is 2. The van der Waals surface area contributed by atoms with Gasteiger partial charge in [0.15, 0.2) is 11.5 Å². The molecule has 0 fully saturated rings. The van der Waals surface area contributed by atoms with Gasteiger partial charge in [-0.1, -0.05) is 18.2 Å². The largest absolute Gasteiger partial charge is 0.504 e. The molecule has 1 heterocycles. The SMILES string of the molecule is COc1cc2c(cc1O)NC[C@H](Cc1ccccc1N)C2. The molecule has 1 aliphatic heterocycles. The Labute approximate surface area is 124 Å². The van der Waals surface area contributed by atoms with Crippen molar-refractivity contribution in [3.63, 3.8) is 0 Å². The first kappa shape index (κ1) is 13.6. The number of nitrogens with two attached hydrogens (primary N) is 1. The van der Waals surface area contributed by atoms with Crippen LogP contribution in [-0.2, 0) is 12.8 Å². The number of fused-ring (bicyclic) bond motifs is 1. The quantitative estimate of drug-likeness (QED) is 0.758. The first-order valence-corrected chi connectivity index (χ1v) is 7.14. The van der Waals surface area contributed by atoms with Crippen molar-refractivity contribution in [2.45, 2.75) is 12.8 Å². The molecule has 0 amide bonds. The average molecular weight is 284 g/mol. The number of hydrogen-bond acceptors (Lipinski definition) is 4.